The van der Waals surface area contributed by atoms with Gasteiger partial charge < -0.3 is 15.0 Å². The predicted molar refractivity (Wildman–Crippen MR) is 99.1 cm³/mol. The van der Waals surface area contributed by atoms with E-state index in [1.807, 2.05) is 37.3 Å². The molecule has 0 radical (unpaired) electrons. The molecule has 0 unspecified atom stereocenters. The second-order valence-electron chi connectivity index (χ2n) is 5.44. The summed E-state index contributed by atoms with van der Waals surface area (Å²) in [5.74, 6) is 1.66. The Balaban J connectivity index is 1.60. The van der Waals surface area contributed by atoms with Crippen LogP contribution in [-0.4, -0.2) is 23.1 Å². The highest BCUT2D eigenvalue weighted by Gasteiger charge is 2.10. The van der Waals surface area contributed by atoms with Gasteiger partial charge in [0.05, 0.1) is 22.7 Å². The predicted octanol–water partition coefficient (Wildman–Crippen LogP) is 4.60. The molecule has 0 spiro atoms. The summed E-state index contributed by atoms with van der Waals surface area (Å²) in [5.41, 5.74) is 3.01. The Bertz CT molecular complexity index is 799. The first kappa shape index (κ1) is 17.1. The van der Waals surface area contributed by atoms with E-state index >= 15 is 0 Å². The number of hydrogen-bond donors (Lipinski definition) is 2. The van der Waals surface area contributed by atoms with Crippen LogP contribution in [0.2, 0.25) is 10.0 Å². The molecule has 0 aliphatic carbocycles. The Kier molecular flexibility index (Phi) is 5.61. The second kappa shape index (κ2) is 7.88. The van der Waals surface area contributed by atoms with Crippen LogP contribution in [0, 0.1) is 0 Å². The zero-order chi connectivity index (χ0) is 16.9. The van der Waals surface area contributed by atoms with Gasteiger partial charge in [0.25, 0.3) is 0 Å². The summed E-state index contributed by atoms with van der Waals surface area (Å²) in [6.45, 7) is 3.92. The standard InChI is InChI=1S/C18H19Cl2N3O/c1-2-24-18-12(9-13(19)10-14(18)20)11-21-8-7-17-22-15-5-3-4-6-16(15)23-17/h3-6,9-10,21H,2,7-8,11H2,1H3,(H,22,23). The molecule has 0 aliphatic heterocycles. The number of imidazole rings is 1. The van der Waals surface area contributed by atoms with Crippen molar-refractivity contribution in [1.29, 1.82) is 0 Å². The van der Waals surface area contributed by atoms with Crippen LogP contribution in [-0.2, 0) is 13.0 Å². The van der Waals surface area contributed by atoms with Crippen LogP contribution in [0.4, 0.5) is 0 Å². The summed E-state index contributed by atoms with van der Waals surface area (Å²) in [5, 5.41) is 4.54. The summed E-state index contributed by atoms with van der Waals surface area (Å²) >= 11 is 12.3. The molecule has 2 N–H and O–H groups in total. The molecule has 0 fully saturated rings. The zero-order valence-corrected chi connectivity index (χ0v) is 14.9. The lowest BCUT2D eigenvalue weighted by Gasteiger charge is -2.13. The maximum absolute atomic E-state index is 6.22. The molecule has 3 rings (SSSR count). The van der Waals surface area contributed by atoms with Crippen molar-refractivity contribution in [3.63, 3.8) is 0 Å². The number of halogens is 2. The first-order valence-electron chi connectivity index (χ1n) is 7.92. The Hall–Kier alpha value is -1.75. The van der Waals surface area contributed by atoms with Crippen LogP contribution in [0.5, 0.6) is 5.75 Å². The summed E-state index contributed by atoms with van der Waals surface area (Å²) in [4.78, 5) is 7.90. The number of H-pyrrole nitrogens is 1. The average molecular weight is 364 g/mol. The van der Waals surface area contributed by atoms with Crippen LogP contribution in [0.3, 0.4) is 0 Å². The van der Waals surface area contributed by atoms with Gasteiger partial charge in [-0.2, -0.15) is 0 Å². The molecule has 0 atom stereocenters. The van der Waals surface area contributed by atoms with Gasteiger partial charge in [0.1, 0.15) is 11.6 Å². The molecule has 1 aromatic heterocycles. The van der Waals surface area contributed by atoms with Crippen molar-refractivity contribution in [3.8, 4) is 5.75 Å². The summed E-state index contributed by atoms with van der Waals surface area (Å²) in [7, 11) is 0. The molecule has 0 saturated carbocycles. The van der Waals surface area contributed by atoms with Crippen molar-refractivity contribution >= 4 is 34.2 Å². The van der Waals surface area contributed by atoms with Gasteiger partial charge in [0.2, 0.25) is 0 Å². The van der Waals surface area contributed by atoms with Gasteiger partial charge >= 0.3 is 0 Å². The molecule has 1 heterocycles. The molecule has 0 saturated heterocycles. The molecular weight excluding hydrogens is 345 g/mol. The number of aromatic amines is 1. The minimum absolute atomic E-state index is 0.540. The maximum Gasteiger partial charge on any atom is 0.142 e. The van der Waals surface area contributed by atoms with E-state index in [-0.39, 0.29) is 0 Å². The van der Waals surface area contributed by atoms with E-state index in [1.165, 1.54) is 0 Å². The van der Waals surface area contributed by atoms with E-state index in [2.05, 4.69) is 15.3 Å². The smallest absolute Gasteiger partial charge is 0.142 e. The van der Waals surface area contributed by atoms with Gasteiger partial charge in [-0.25, -0.2) is 4.98 Å². The SMILES string of the molecule is CCOc1c(Cl)cc(Cl)cc1CNCCc1nc2ccccc2[nH]1. The molecule has 2 aromatic carbocycles. The average Bonchev–Trinajstić information content (AvgIpc) is 2.97. The van der Waals surface area contributed by atoms with Gasteiger partial charge in [-0.1, -0.05) is 35.3 Å². The molecule has 6 heteroatoms. The Morgan fingerprint density at radius 3 is 2.83 bits per heavy atom. The number of hydrogen-bond acceptors (Lipinski definition) is 3. The topological polar surface area (TPSA) is 49.9 Å². The Labute approximate surface area is 151 Å². The molecular formula is C18H19Cl2N3O. The van der Waals surface area contributed by atoms with Gasteiger partial charge in [0, 0.05) is 30.1 Å². The molecule has 3 aromatic rings. The number of ether oxygens (including phenoxy) is 1. The monoisotopic (exact) mass is 363 g/mol. The van der Waals surface area contributed by atoms with Crippen molar-refractivity contribution in [3.05, 3.63) is 57.8 Å². The number of para-hydroxylation sites is 2. The fraction of sp³-hybridized carbons (Fsp3) is 0.278. The number of rotatable bonds is 7. The van der Waals surface area contributed by atoms with Gasteiger partial charge in [-0.3, -0.25) is 0 Å². The lowest BCUT2D eigenvalue weighted by molar-refractivity contribution is 0.335. The van der Waals surface area contributed by atoms with E-state index in [4.69, 9.17) is 27.9 Å². The highest BCUT2D eigenvalue weighted by Crippen LogP contribution is 2.32. The van der Waals surface area contributed by atoms with Gasteiger partial charge in [-0.15, -0.1) is 0 Å². The highest BCUT2D eigenvalue weighted by atomic mass is 35.5. The third-order valence-corrected chi connectivity index (χ3v) is 4.17. The molecule has 4 nitrogen and oxygen atoms in total. The second-order valence-corrected chi connectivity index (χ2v) is 6.28. The Morgan fingerprint density at radius 1 is 1.21 bits per heavy atom. The zero-order valence-electron chi connectivity index (χ0n) is 13.4. The van der Waals surface area contributed by atoms with Crippen LogP contribution < -0.4 is 10.1 Å². The van der Waals surface area contributed by atoms with Gasteiger partial charge in [0.15, 0.2) is 0 Å². The minimum atomic E-state index is 0.540. The van der Waals surface area contributed by atoms with Gasteiger partial charge in [-0.05, 0) is 31.2 Å². The van der Waals surface area contributed by atoms with Crippen LogP contribution in [0.25, 0.3) is 11.0 Å². The van der Waals surface area contributed by atoms with E-state index in [0.717, 1.165) is 35.4 Å². The van der Waals surface area contributed by atoms with E-state index in [1.54, 1.807) is 6.07 Å². The lowest BCUT2D eigenvalue weighted by atomic mass is 10.2. The summed E-state index contributed by atoms with van der Waals surface area (Å²) in [6, 6.07) is 11.6. The van der Waals surface area contributed by atoms with Crippen LogP contribution >= 0.6 is 23.2 Å². The first-order valence-corrected chi connectivity index (χ1v) is 8.68. The third kappa shape index (κ3) is 4.01. The largest absolute Gasteiger partial charge is 0.492 e. The molecule has 24 heavy (non-hydrogen) atoms. The van der Waals surface area contributed by atoms with E-state index in [9.17, 15) is 0 Å². The molecule has 126 valence electrons. The number of nitrogens with zero attached hydrogens (tertiary/aromatic N) is 1. The Morgan fingerprint density at radius 2 is 2.04 bits per heavy atom. The fourth-order valence-electron chi connectivity index (χ4n) is 2.60. The maximum atomic E-state index is 6.22. The number of aromatic nitrogens is 2. The lowest BCUT2D eigenvalue weighted by Crippen LogP contribution is -2.18. The fourth-order valence-corrected chi connectivity index (χ4v) is 3.19. The van der Waals surface area contributed by atoms with Crippen molar-refractivity contribution in [2.45, 2.75) is 19.9 Å². The summed E-state index contributed by atoms with van der Waals surface area (Å²) in [6.07, 6.45) is 0.812. The van der Waals surface area contributed by atoms with Crippen molar-refractivity contribution in [2.24, 2.45) is 0 Å². The van der Waals surface area contributed by atoms with Crippen LogP contribution in [0.1, 0.15) is 18.3 Å². The number of benzene rings is 2. The first-order chi connectivity index (χ1) is 11.7. The third-order valence-electron chi connectivity index (χ3n) is 3.67. The quantitative estimate of drug-likeness (QED) is 0.603. The minimum Gasteiger partial charge on any atom is -0.492 e. The molecule has 0 amide bonds. The van der Waals surface area contributed by atoms with Crippen LogP contribution in [0.15, 0.2) is 36.4 Å². The van der Waals surface area contributed by atoms with Crippen molar-refractivity contribution in [2.75, 3.05) is 13.2 Å². The van der Waals surface area contributed by atoms with Crippen molar-refractivity contribution in [1.82, 2.24) is 15.3 Å². The number of fused-ring (bicyclic) bond motifs is 1. The normalized spacial score (nSPS) is 11.1. The van der Waals surface area contributed by atoms with E-state index < -0.39 is 0 Å². The molecule has 0 aliphatic rings. The molecule has 0 bridgehead atoms. The highest BCUT2D eigenvalue weighted by molar-refractivity contribution is 6.35. The van der Waals surface area contributed by atoms with Crippen molar-refractivity contribution < 1.29 is 4.74 Å². The number of nitrogens with one attached hydrogen (secondary N) is 2. The summed E-state index contributed by atoms with van der Waals surface area (Å²) < 4.78 is 5.63. The van der Waals surface area contributed by atoms with E-state index in [0.29, 0.717) is 28.9 Å².